The van der Waals surface area contributed by atoms with Gasteiger partial charge in [0.1, 0.15) is 5.25 Å². The molecule has 3 aromatic carbocycles. The summed E-state index contributed by atoms with van der Waals surface area (Å²) in [5.41, 5.74) is 0.995. The summed E-state index contributed by atoms with van der Waals surface area (Å²) >= 11 is 7.27. The zero-order valence-corrected chi connectivity index (χ0v) is 23.8. The van der Waals surface area contributed by atoms with Crippen molar-refractivity contribution in [3.63, 3.8) is 0 Å². The Labute approximate surface area is 238 Å². The van der Waals surface area contributed by atoms with Gasteiger partial charge in [-0.15, -0.1) is 0 Å². The molecule has 0 aliphatic rings. The van der Waals surface area contributed by atoms with Crippen molar-refractivity contribution >= 4 is 49.9 Å². The van der Waals surface area contributed by atoms with Gasteiger partial charge in [0.25, 0.3) is 0 Å². The van der Waals surface area contributed by atoms with Gasteiger partial charge in [0.05, 0.1) is 12.7 Å². The highest BCUT2D eigenvalue weighted by molar-refractivity contribution is 14.1. The minimum absolute atomic E-state index is 0.0306. The number of phenols is 1. The Morgan fingerprint density at radius 3 is 2.32 bits per heavy atom. The number of methoxy groups -OCH3 is 1. The number of sulfonamides is 1. The Hall–Kier alpha value is -2.62. The fourth-order valence-electron chi connectivity index (χ4n) is 3.48. The van der Waals surface area contributed by atoms with Crippen molar-refractivity contribution in [3.8, 4) is 11.5 Å². The fourth-order valence-corrected chi connectivity index (χ4v) is 5.65. The number of nitrogens with one attached hydrogen (secondary N) is 3. The van der Waals surface area contributed by atoms with E-state index in [1.807, 2.05) is 22.6 Å². The molecule has 0 fully saturated rings. The highest BCUT2D eigenvalue weighted by Crippen LogP contribution is 2.31. The van der Waals surface area contributed by atoms with E-state index in [-0.39, 0.29) is 36.2 Å². The topological polar surface area (TPSA) is 99.7 Å². The fraction of sp³-hybridized carbons (Fsp3) is 0.240. The van der Waals surface area contributed by atoms with E-state index in [2.05, 4.69) is 15.4 Å². The molecule has 204 valence electrons. The average molecular weight is 680 g/mol. The lowest BCUT2D eigenvalue weighted by Gasteiger charge is -2.21. The average Bonchev–Trinajstić information content (AvgIpc) is 2.87. The van der Waals surface area contributed by atoms with Crippen molar-refractivity contribution in [1.82, 2.24) is 15.4 Å². The lowest BCUT2D eigenvalue weighted by atomic mass is 10.1. The summed E-state index contributed by atoms with van der Waals surface area (Å²) in [5, 5.41) is 14.8. The van der Waals surface area contributed by atoms with Crippen LogP contribution in [0.5, 0.6) is 11.5 Å². The monoisotopic (exact) mass is 679 g/mol. The van der Waals surface area contributed by atoms with Crippen LogP contribution in [0.1, 0.15) is 27.5 Å². The predicted molar refractivity (Wildman–Crippen MR) is 151 cm³/mol. The molecule has 0 spiro atoms. The van der Waals surface area contributed by atoms with E-state index in [1.165, 1.54) is 25.3 Å². The molecule has 0 heterocycles. The molecular weight excluding hydrogens is 654 g/mol. The highest BCUT2D eigenvalue weighted by atomic mass is 127. The number of ether oxygens (including phenoxy) is 1. The van der Waals surface area contributed by atoms with E-state index >= 15 is 0 Å². The maximum atomic E-state index is 13.4. The van der Waals surface area contributed by atoms with Crippen molar-refractivity contribution in [1.29, 1.82) is 0 Å². The highest BCUT2D eigenvalue weighted by Gasteiger charge is 2.30. The first-order valence-corrected chi connectivity index (χ1v) is 14.2. The number of hydrogen-bond acceptors (Lipinski definition) is 5. The van der Waals surface area contributed by atoms with Crippen molar-refractivity contribution in [2.24, 2.45) is 0 Å². The predicted octanol–water partition coefficient (Wildman–Crippen LogP) is 4.85. The molecule has 0 bridgehead atoms. The van der Waals surface area contributed by atoms with Gasteiger partial charge >= 0.3 is 6.18 Å². The molecule has 3 aromatic rings. The maximum absolute atomic E-state index is 13.4. The van der Waals surface area contributed by atoms with Crippen LogP contribution < -0.4 is 20.1 Å². The molecule has 0 saturated heterocycles. The quantitative estimate of drug-likeness (QED) is 0.180. The first kappa shape index (κ1) is 29.9. The van der Waals surface area contributed by atoms with E-state index in [0.717, 1.165) is 12.1 Å². The molecule has 13 heteroatoms. The van der Waals surface area contributed by atoms with Gasteiger partial charge in [-0.3, -0.25) is 0 Å². The normalized spacial score (nSPS) is 12.6. The summed E-state index contributed by atoms with van der Waals surface area (Å²) in [6.45, 7) is 0.0669. The Morgan fingerprint density at radius 1 is 1.05 bits per heavy atom. The van der Waals surface area contributed by atoms with Crippen molar-refractivity contribution in [3.05, 3.63) is 92.6 Å². The zero-order chi connectivity index (χ0) is 27.9. The Morgan fingerprint density at radius 2 is 1.71 bits per heavy atom. The summed E-state index contributed by atoms with van der Waals surface area (Å²) in [7, 11) is -2.51. The van der Waals surface area contributed by atoms with E-state index in [0.29, 0.717) is 20.3 Å². The van der Waals surface area contributed by atoms with Crippen LogP contribution in [-0.2, 0) is 29.3 Å². The largest absolute Gasteiger partial charge is 0.504 e. The molecule has 0 radical (unpaired) electrons. The zero-order valence-electron chi connectivity index (χ0n) is 20.0. The van der Waals surface area contributed by atoms with Crippen LogP contribution in [0.2, 0.25) is 0 Å². The Kier molecular flexibility index (Phi) is 10.2. The third-order valence-corrected chi connectivity index (χ3v) is 8.57. The molecule has 1 atom stereocenters. The third-order valence-electron chi connectivity index (χ3n) is 5.54. The van der Waals surface area contributed by atoms with Crippen LogP contribution in [0.4, 0.5) is 13.2 Å². The number of halogens is 4. The van der Waals surface area contributed by atoms with E-state index < -0.39 is 27.0 Å². The van der Waals surface area contributed by atoms with Gasteiger partial charge in [0, 0.05) is 23.2 Å². The second kappa shape index (κ2) is 13.0. The molecule has 7 nitrogen and oxygen atoms in total. The molecular formula is C25H25F3IN3O4S2. The molecule has 0 amide bonds. The van der Waals surface area contributed by atoms with E-state index in [4.69, 9.17) is 17.0 Å². The minimum atomic E-state index is -4.42. The van der Waals surface area contributed by atoms with Gasteiger partial charge in [-0.2, -0.15) is 13.2 Å². The number of rotatable bonds is 10. The second-order valence-electron chi connectivity index (χ2n) is 8.14. The summed E-state index contributed by atoms with van der Waals surface area (Å²) in [5.74, 6) is 0.178. The van der Waals surface area contributed by atoms with Crippen LogP contribution in [0, 0.1) is 3.57 Å². The number of aromatic hydroxyl groups is 1. The van der Waals surface area contributed by atoms with Gasteiger partial charge in [-0.1, -0.05) is 42.5 Å². The van der Waals surface area contributed by atoms with Crippen LogP contribution in [-0.4, -0.2) is 32.3 Å². The van der Waals surface area contributed by atoms with Gasteiger partial charge in [0.2, 0.25) is 10.0 Å². The van der Waals surface area contributed by atoms with Gasteiger partial charge in [-0.05, 0) is 75.8 Å². The van der Waals surface area contributed by atoms with Crippen LogP contribution >= 0.6 is 34.8 Å². The van der Waals surface area contributed by atoms with Crippen LogP contribution in [0.3, 0.4) is 0 Å². The smallest absolute Gasteiger partial charge is 0.416 e. The number of hydrogen-bond donors (Lipinski definition) is 4. The minimum Gasteiger partial charge on any atom is -0.504 e. The van der Waals surface area contributed by atoms with Crippen molar-refractivity contribution < 1.29 is 31.4 Å². The number of benzene rings is 3. The summed E-state index contributed by atoms with van der Waals surface area (Å²) in [4.78, 5) is 0. The van der Waals surface area contributed by atoms with Crippen LogP contribution in [0.15, 0.2) is 66.7 Å². The molecule has 0 aromatic heterocycles. The summed E-state index contributed by atoms with van der Waals surface area (Å²) in [6.07, 6.45) is -4.42. The van der Waals surface area contributed by atoms with Crippen LogP contribution in [0.25, 0.3) is 0 Å². The Bertz CT molecular complexity index is 1360. The molecule has 0 aliphatic carbocycles. The molecule has 0 aliphatic heterocycles. The third kappa shape index (κ3) is 8.19. The molecule has 3 rings (SSSR count). The lowest BCUT2D eigenvalue weighted by molar-refractivity contribution is -0.137. The van der Waals surface area contributed by atoms with E-state index in [9.17, 15) is 26.7 Å². The number of alkyl halides is 3. The summed E-state index contributed by atoms with van der Waals surface area (Å²) < 4.78 is 73.4. The molecule has 1 unspecified atom stereocenters. The number of phenolic OH excluding ortho intramolecular Hbond substituents is 1. The first-order valence-electron chi connectivity index (χ1n) is 11.2. The second-order valence-corrected chi connectivity index (χ2v) is 11.7. The summed E-state index contributed by atoms with van der Waals surface area (Å²) in [6, 6.07) is 16.3. The first-order chi connectivity index (χ1) is 17.9. The van der Waals surface area contributed by atoms with Gasteiger partial charge in [-0.25, -0.2) is 13.1 Å². The standard InChI is InChI=1S/C25H25F3IN3O4S2/c1-36-22-11-18(20(29)12-21(22)33)14-32-38(34,35)23(17-5-3-2-4-6-17)15-31-24(37)30-13-16-7-9-19(10-8-16)25(26,27)28/h2-12,23,32-33H,13-15H2,1H3,(H2,30,31,37). The SMILES string of the molecule is COc1cc(CNS(=O)(=O)C(CNC(=S)NCc2ccc(C(F)(F)F)cc2)c2ccccc2)c(I)cc1O. The Balaban J connectivity index is 1.67. The van der Waals surface area contributed by atoms with Gasteiger partial charge in [0.15, 0.2) is 16.6 Å². The maximum Gasteiger partial charge on any atom is 0.416 e. The van der Waals surface area contributed by atoms with Gasteiger partial charge < -0.3 is 20.5 Å². The van der Waals surface area contributed by atoms with Crippen molar-refractivity contribution in [2.75, 3.05) is 13.7 Å². The molecule has 4 N–H and O–H groups in total. The van der Waals surface area contributed by atoms with E-state index in [1.54, 1.807) is 36.4 Å². The molecule has 0 saturated carbocycles. The molecule has 38 heavy (non-hydrogen) atoms. The van der Waals surface area contributed by atoms with Crippen molar-refractivity contribution in [2.45, 2.75) is 24.5 Å². The number of thiocarbonyl (C=S) groups is 1. The lowest BCUT2D eigenvalue weighted by Crippen LogP contribution is -2.41.